The average Bonchev–Trinajstić information content (AvgIpc) is 2.66. The molecular formula is C19H30N4O2. The van der Waals surface area contributed by atoms with Gasteiger partial charge in [-0.15, -0.1) is 0 Å². The fourth-order valence-electron chi connectivity index (χ4n) is 3.29. The van der Waals surface area contributed by atoms with Gasteiger partial charge < -0.3 is 15.1 Å². The maximum Gasteiger partial charge on any atom is 0.223 e. The van der Waals surface area contributed by atoms with Gasteiger partial charge in [0.05, 0.1) is 6.04 Å². The van der Waals surface area contributed by atoms with E-state index in [1.165, 1.54) is 0 Å². The molecule has 2 heterocycles. The highest BCUT2D eigenvalue weighted by molar-refractivity contribution is 5.84. The first kappa shape index (κ1) is 19.4. The summed E-state index contributed by atoms with van der Waals surface area (Å²) in [6.07, 6.45) is 6.01. The lowest BCUT2D eigenvalue weighted by atomic mass is 10.0. The first-order chi connectivity index (χ1) is 12.2. The topological polar surface area (TPSA) is 65.5 Å². The predicted molar refractivity (Wildman–Crippen MR) is 98.0 cm³/mol. The Hall–Kier alpha value is -1.95. The van der Waals surface area contributed by atoms with Crippen molar-refractivity contribution < 1.29 is 9.59 Å². The summed E-state index contributed by atoms with van der Waals surface area (Å²) < 4.78 is 0. The molecule has 0 bridgehead atoms. The monoisotopic (exact) mass is 346 g/mol. The van der Waals surface area contributed by atoms with E-state index in [4.69, 9.17) is 0 Å². The molecule has 25 heavy (non-hydrogen) atoms. The molecule has 1 N–H and O–H groups in total. The summed E-state index contributed by atoms with van der Waals surface area (Å²) in [6.45, 7) is 7.86. The number of nitrogens with one attached hydrogen (secondary N) is 1. The second-order valence-corrected chi connectivity index (χ2v) is 6.47. The van der Waals surface area contributed by atoms with Crippen molar-refractivity contribution in [2.75, 3.05) is 32.7 Å². The highest BCUT2D eigenvalue weighted by Crippen LogP contribution is 2.22. The van der Waals surface area contributed by atoms with Crippen LogP contribution in [0.4, 0.5) is 0 Å². The predicted octanol–water partition coefficient (Wildman–Crippen LogP) is 1.98. The van der Waals surface area contributed by atoms with Crippen molar-refractivity contribution in [1.29, 1.82) is 0 Å². The number of piperazine rings is 1. The van der Waals surface area contributed by atoms with Gasteiger partial charge in [0.25, 0.3) is 0 Å². The van der Waals surface area contributed by atoms with E-state index in [1.807, 2.05) is 28.1 Å². The fraction of sp³-hybridized carbons (Fsp3) is 0.632. The first-order valence-corrected chi connectivity index (χ1v) is 9.35. The molecule has 1 saturated heterocycles. The van der Waals surface area contributed by atoms with Gasteiger partial charge in [-0.1, -0.05) is 19.9 Å². The van der Waals surface area contributed by atoms with Crippen molar-refractivity contribution in [1.82, 2.24) is 20.1 Å². The van der Waals surface area contributed by atoms with Crippen molar-refractivity contribution in [3.63, 3.8) is 0 Å². The highest BCUT2D eigenvalue weighted by Gasteiger charge is 2.28. The normalized spacial score (nSPS) is 17.4. The summed E-state index contributed by atoms with van der Waals surface area (Å²) in [4.78, 5) is 33.1. The molecule has 1 fully saturated rings. The quantitative estimate of drug-likeness (QED) is 0.782. The Morgan fingerprint density at radius 3 is 2.68 bits per heavy atom. The van der Waals surface area contributed by atoms with E-state index in [-0.39, 0.29) is 24.3 Å². The van der Waals surface area contributed by atoms with Gasteiger partial charge in [-0.25, -0.2) is 0 Å². The number of hydrogen-bond acceptors (Lipinski definition) is 4. The van der Waals surface area contributed by atoms with E-state index >= 15 is 0 Å². The summed E-state index contributed by atoms with van der Waals surface area (Å²) in [5, 5.41) is 3.34. The van der Waals surface area contributed by atoms with Gasteiger partial charge >= 0.3 is 0 Å². The number of carbonyl (C=O) groups excluding carboxylic acids is 2. The molecule has 6 nitrogen and oxygen atoms in total. The molecule has 1 unspecified atom stereocenters. The van der Waals surface area contributed by atoms with Crippen LogP contribution in [0.25, 0.3) is 0 Å². The molecule has 2 rings (SSSR count). The van der Waals surface area contributed by atoms with Crippen LogP contribution in [-0.2, 0) is 9.59 Å². The minimum absolute atomic E-state index is 0.00700. The number of hydrogen-bond donors (Lipinski definition) is 1. The zero-order chi connectivity index (χ0) is 18.1. The second kappa shape index (κ2) is 10.1. The van der Waals surface area contributed by atoms with Gasteiger partial charge in [0.1, 0.15) is 0 Å². The Balaban J connectivity index is 1.95. The third-order valence-electron chi connectivity index (χ3n) is 4.53. The Labute approximate surface area is 150 Å². The van der Waals surface area contributed by atoms with Gasteiger partial charge in [0, 0.05) is 58.0 Å². The van der Waals surface area contributed by atoms with Gasteiger partial charge in [0.2, 0.25) is 11.8 Å². The first-order valence-electron chi connectivity index (χ1n) is 9.35. The average molecular weight is 346 g/mol. The Kier molecular flexibility index (Phi) is 7.85. The molecule has 0 saturated carbocycles. The molecule has 0 aromatic carbocycles. The Bertz CT molecular complexity index is 544. The van der Waals surface area contributed by atoms with Crippen molar-refractivity contribution >= 4 is 11.8 Å². The number of nitrogens with zero attached hydrogens (tertiary/aromatic N) is 3. The maximum atomic E-state index is 12.7. The van der Waals surface area contributed by atoms with Crippen molar-refractivity contribution in [3.8, 4) is 0 Å². The highest BCUT2D eigenvalue weighted by atomic mass is 16.2. The number of amides is 2. The van der Waals surface area contributed by atoms with E-state index in [1.54, 1.807) is 6.20 Å². The van der Waals surface area contributed by atoms with Crippen LogP contribution in [0, 0.1) is 0 Å². The van der Waals surface area contributed by atoms with Crippen LogP contribution in [0.2, 0.25) is 0 Å². The fourth-order valence-corrected chi connectivity index (χ4v) is 3.29. The van der Waals surface area contributed by atoms with Gasteiger partial charge in [-0.2, -0.15) is 0 Å². The number of carbonyl (C=O) groups is 2. The third-order valence-corrected chi connectivity index (χ3v) is 4.53. The van der Waals surface area contributed by atoms with Crippen molar-refractivity contribution in [3.05, 3.63) is 30.1 Å². The summed E-state index contributed by atoms with van der Waals surface area (Å²) in [5.74, 6) is 0.141. The van der Waals surface area contributed by atoms with E-state index in [2.05, 4.69) is 24.1 Å². The molecule has 1 aliphatic heterocycles. The lowest BCUT2D eigenvalue weighted by molar-refractivity contribution is -0.139. The SMILES string of the molecule is CCCN(CCC)C(=O)CCC(=O)N1CCNCC1c1cccnc1. The standard InChI is InChI=1S/C19H30N4O2/c1-3-11-22(12-4-2)18(24)7-8-19(25)23-13-10-21-15-17(23)16-6-5-9-20-14-16/h5-6,9,14,17,21H,3-4,7-8,10-13,15H2,1-2H3. The van der Waals surface area contributed by atoms with Crippen LogP contribution in [0.5, 0.6) is 0 Å². The molecule has 6 heteroatoms. The third kappa shape index (κ3) is 5.53. The molecule has 2 amide bonds. The van der Waals surface area contributed by atoms with E-state index in [0.717, 1.165) is 44.6 Å². The summed E-state index contributed by atoms with van der Waals surface area (Å²) in [7, 11) is 0. The molecule has 1 aromatic heterocycles. The molecule has 0 aliphatic carbocycles. The van der Waals surface area contributed by atoms with E-state index < -0.39 is 0 Å². The molecule has 1 aliphatic rings. The van der Waals surface area contributed by atoms with Gasteiger partial charge in [-0.3, -0.25) is 14.6 Å². The molecule has 138 valence electrons. The Morgan fingerprint density at radius 1 is 1.28 bits per heavy atom. The summed E-state index contributed by atoms with van der Waals surface area (Å²) in [5.41, 5.74) is 1.04. The van der Waals surface area contributed by atoms with Gasteiger partial charge in [0.15, 0.2) is 0 Å². The summed E-state index contributed by atoms with van der Waals surface area (Å²) >= 11 is 0. The molecular weight excluding hydrogens is 316 g/mol. The zero-order valence-electron chi connectivity index (χ0n) is 15.4. The maximum absolute atomic E-state index is 12.7. The van der Waals surface area contributed by atoms with E-state index in [0.29, 0.717) is 13.0 Å². The molecule has 1 aromatic rings. The largest absolute Gasteiger partial charge is 0.343 e. The van der Waals surface area contributed by atoms with Crippen molar-refractivity contribution in [2.24, 2.45) is 0 Å². The lowest BCUT2D eigenvalue weighted by Crippen LogP contribution is -2.49. The van der Waals surface area contributed by atoms with Crippen LogP contribution < -0.4 is 5.32 Å². The number of rotatable bonds is 8. The second-order valence-electron chi connectivity index (χ2n) is 6.47. The summed E-state index contributed by atoms with van der Waals surface area (Å²) in [6, 6.07) is 3.89. The minimum Gasteiger partial charge on any atom is -0.343 e. The van der Waals surface area contributed by atoms with Crippen LogP contribution in [-0.4, -0.2) is 59.3 Å². The molecule has 0 radical (unpaired) electrons. The number of pyridine rings is 1. The zero-order valence-corrected chi connectivity index (χ0v) is 15.4. The van der Waals surface area contributed by atoms with E-state index in [9.17, 15) is 9.59 Å². The van der Waals surface area contributed by atoms with Crippen LogP contribution in [0.15, 0.2) is 24.5 Å². The molecule has 1 atom stereocenters. The van der Waals surface area contributed by atoms with Crippen LogP contribution in [0.1, 0.15) is 51.1 Å². The lowest BCUT2D eigenvalue weighted by Gasteiger charge is -2.36. The van der Waals surface area contributed by atoms with Crippen LogP contribution >= 0.6 is 0 Å². The van der Waals surface area contributed by atoms with Gasteiger partial charge in [-0.05, 0) is 24.5 Å². The molecule has 0 spiro atoms. The minimum atomic E-state index is -0.00700. The van der Waals surface area contributed by atoms with Crippen molar-refractivity contribution in [2.45, 2.75) is 45.6 Å². The van der Waals surface area contributed by atoms with Crippen LogP contribution in [0.3, 0.4) is 0 Å². The smallest absolute Gasteiger partial charge is 0.223 e. The number of aromatic nitrogens is 1. The Morgan fingerprint density at radius 2 is 2.04 bits per heavy atom.